The van der Waals surface area contributed by atoms with Crippen LogP contribution in [0.15, 0.2) is 67.1 Å². The van der Waals surface area contributed by atoms with E-state index in [4.69, 9.17) is 4.74 Å². The molecule has 0 aliphatic carbocycles. The molecule has 1 amide bonds. The first kappa shape index (κ1) is 16.6. The molecule has 0 saturated heterocycles. The van der Waals surface area contributed by atoms with Gasteiger partial charge in [-0.25, -0.2) is 4.39 Å². The zero-order valence-corrected chi connectivity index (χ0v) is 13.5. The van der Waals surface area contributed by atoms with Gasteiger partial charge in [-0.05, 0) is 41.5 Å². The molecule has 0 aliphatic rings. The third kappa shape index (κ3) is 3.98. The number of methoxy groups -OCH3 is 1. The van der Waals surface area contributed by atoms with Gasteiger partial charge in [-0.2, -0.15) is 0 Å². The Morgan fingerprint density at radius 3 is 2.40 bits per heavy atom. The number of rotatable bonds is 5. The van der Waals surface area contributed by atoms with Crippen molar-refractivity contribution in [2.45, 2.75) is 6.04 Å². The molecule has 1 atom stereocenters. The van der Waals surface area contributed by atoms with Gasteiger partial charge in [-0.1, -0.05) is 12.1 Å². The number of nitrogens with zero attached hydrogens (tertiary/aromatic N) is 2. The molecule has 1 N–H and O–H groups in total. The number of amides is 1. The molecule has 0 bridgehead atoms. The smallest absolute Gasteiger partial charge is 0.270 e. The minimum Gasteiger partial charge on any atom is -0.497 e. The Hall–Kier alpha value is -3.28. The maximum atomic E-state index is 13.2. The minimum atomic E-state index is -0.455. The average molecular weight is 337 g/mol. The summed E-state index contributed by atoms with van der Waals surface area (Å²) in [7, 11) is 1.52. The molecule has 126 valence electrons. The van der Waals surface area contributed by atoms with Crippen LogP contribution < -0.4 is 10.1 Å². The van der Waals surface area contributed by atoms with E-state index in [0.717, 1.165) is 11.1 Å². The highest BCUT2D eigenvalue weighted by Gasteiger charge is 2.19. The number of carbonyl (C=O) groups excluding carboxylic acids is 1. The Balaban J connectivity index is 1.92. The normalized spacial score (nSPS) is 11.6. The Morgan fingerprint density at radius 2 is 1.72 bits per heavy atom. The number of hydrogen-bond donors (Lipinski definition) is 1. The number of nitrogens with one attached hydrogen (secondary N) is 1. The molecule has 0 radical (unpaired) electrons. The van der Waals surface area contributed by atoms with Gasteiger partial charge in [0.05, 0.1) is 13.2 Å². The Kier molecular flexibility index (Phi) is 4.99. The van der Waals surface area contributed by atoms with Crippen molar-refractivity contribution < 1.29 is 13.9 Å². The van der Waals surface area contributed by atoms with Gasteiger partial charge in [0.1, 0.15) is 17.3 Å². The zero-order valence-electron chi connectivity index (χ0n) is 13.5. The number of pyridine rings is 2. The van der Waals surface area contributed by atoms with Crippen molar-refractivity contribution in [2.24, 2.45) is 0 Å². The lowest BCUT2D eigenvalue weighted by atomic mass is 9.99. The quantitative estimate of drug-likeness (QED) is 0.777. The first-order chi connectivity index (χ1) is 12.2. The highest BCUT2D eigenvalue weighted by atomic mass is 19.1. The largest absolute Gasteiger partial charge is 0.497 e. The molecular formula is C19H16FN3O2. The van der Waals surface area contributed by atoms with Crippen LogP contribution in [0, 0.1) is 5.82 Å². The van der Waals surface area contributed by atoms with Gasteiger partial charge in [-0.15, -0.1) is 0 Å². The van der Waals surface area contributed by atoms with E-state index in [-0.39, 0.29) is 17.4 Å². The van der Waals surface area contributed by atoms with Crippen molar-refractivity contribution in [2.75, 3.05) is 7.11 Å². The van der Waals surface area contributed by atoms with Crippen LogP contribution in [0.2, 0.25) is 0 Å². The molecule has 0 spiro atoms. The van der Waals surface area contributed by atoms with Crippen LogP contribution in [0.4, 0.5) is 4.39 Å². The third-order valence-electron chi connectivity index (χ3n) is 3.72. The summed E-state index contributed by atoms with van der Waals surface area (Å²) >= 11 is 0. The fourth-order valence-electron chi connectivity index (χ4n) is 2.44. The first-order valence-electron chi connectivity index (χ1n) is 7.63. The van der Waals surface area contributed by atoms with Gasteiger partial charge in [0, 0.05) is 24.7 Å². The second-order valence-corrected chi connectivity index (χ2v) is 5.32. The van der Waals surface area contributed by atoms with Crippen molar-refractivity contribution in [1.29, 1.82) is 0 Å². The predicted octanol–water partition coefficient (Wildman–Crippen LogP) is 3.14. The molecule has 5 nitrogen and oxygen atoms in total. The van der Waals surface area contributed by atoms with Gasteiger partial charge >= 0.3 is 0 Å². The van der Waals surface area contributed by atoms with E-state index in [2.05, 4.69) is 15.3 Å². The van der Waals surface area contributed by atoms with Crippen molar-refractivity contribution >= 4 is 5.91 Å². The topological polar surface area (TPSA) is 64.1 Å². The molecule has 2 aromatic heterocycles. The maximum Gasteiger partial charge on any atom is 0.270 e. The minimum absolute atomic E-state index is 0.237. The Bertz CT molecular complexity index is 854. The van der Waals surface area contributed by atoms with Gasteiger partial charge in [0.25, 0.3) is 5.91 Å². The SMILES string of the molecule is COc1ccnc(C(=O)N[C@@H](c2ccncc2)c2ccc(F)cc2)c1. The number of ether oxygens (including phenoxy) is 1. The van der Waals surface area contributed by atoms with E-state index in [1.54, 1.807) is 48.8 Å². The summed E-state index contributed by atoms with van der Waals surface area (Å²) in [6.07, 6.45) is 4.79. The van der Waals surface area contributed by atoms with Crippen LogP contribution >= 0.6 is 0 Å². The molecule has 0 aliphatic heterocycles. The number of aromatic nitrogens is 2. The lowest BCUT2D eigenvalue weighted by molar-refractivity contribution is 0.0937. The Labute approximate surface area is 144 Å². The number of halogens is 1. The van der Waals surface area contributed by atoms with Crippen LogP contribution in [-0.2, 0) is 0 Å². The van der Waals surface area contributed by atoms with E-state index in [1.807, 2.05) is 0 Å². The van der Waals surface area contributed by atoms with Crippen molar-refractivity contribution in [3.05, 3.63) is 89.8 Å². The summed E-state index contributed by atoms with van der Waals surface area (Å²) in [5, 5.41) is 2.93. The van der Waals surface area contributed by atoms with Crippen molar-refractivity contribution in [1.82, 2.24) is 15.3 Å². The van der Waals surface area contributed by atoms with Crippen LogP contribution in [0.25, 0.3) is 0 Å². The monoisotopic (exact) mass is 337 g/mol. The summed E-state index contributed by atoms with van der Waals surface area (Å²) in [6, 6.07) is 12.4. The molecule has 2 heterocycles. The van der Waals surface area contributed by atoms with E-state index >= 15 is 0 Å². The van der Waals surface area contributed by atoms with Crippen molar-refractivity contribution in [3.8, 4) is 5.75 Å². The van der Waals surface area contributed by atoms with Crippen LogP contribution in [-0.4, -0.2) is 23.0 Å². The molecular weight excluding hydrogens is 321 g/mol. The number of hydrogen-bond acceptors (Lipinski definition) is 4. The van der Waals surface area contributed by atoms with Gasteiger partial charge in [0.2, 0.25) is 0 Å². The molecule has 25 heavy (non-hydrogen) atoms. The average Bonchev–Trinajstić information content (AvgIpc) is 2.67. The molecule has 0 fully saturated rings. The zero-order chi connectivity index (χ0) is 17.6. The van der Waals surface area contributed by atoms with E-state index in [0.29, 0.717) is 5.75 Å². The van der Waals surface area contributed by atoms with Gasteiger partial charge in [-0.3, -0.25) is 14.8 Å². The summed E-state index contributed by atoms with van der Waals surface area (Å²) in [4.78, 5) is 20.7. The Morgan fingerprint density at radius 1 is 1.04 bits per heavy atom. The molecule has 0 unspecified atom stereocenters. The molecule has 6 heteroatoms. The number of carbonyl (C=O) groups is 1. The first-order valence-corrected chi connectivity index (χ1v) is 7.63. The summed E-state index contributed by atoms with van der Waals surface area (Å²) < 4.78 is 18.4. The van der Waals surface area contributed by atoms with E-state index < -0.39 is 6.04 Å². The highest BCUT2D eigenvalue weighted by Crippen LogP contribution is 2.22. The lowest BCUT2D eigenvalue weighted by Crippen LogP contribution is -2.30. The van der Waals surface area contributed by atoms with Crippen LogP contribution in [0.3, 0.4) is 0 Å². The second kappa shape index (κ2) is 7.53. The van der Waals surface area contributed by atoms with Gasteiger partial charge < -0.3 is 10.1 Å². The number of benzene rings is 1. The molecule has 1 aromatic carbocycles. The molecule has 3 rings (SSSR count). The van der Waals surface area contributed by atoms with Crippen LogP contribution in [0.5, 0.6) is 5.75 Å². The predicted molar refractivity (Wildman–Crippen MR) is 90.7 cm³/mol. The van der Waals surface area contributed by atoms with E-state index in [9.17, 15) is 9.18 Å². The maximum absolute atomic E-state index is 13.2. The second-order valence-electron chi connectivity index (χ2n) is 5.32. The summed E-state index contributed by atoms with van der Waals surface area (Å²) in [5.74, 6) is -0.148. The highest BCUT2D eigenvalue weighted by molar-refractivity contribution is 5.93. The molecule has 3 aromatic rings. The third-order valence-corrected chi connectivity index (χ3v) is 3.72. The van der Waals surface area contributed by atoms with Crippen LogP contribution in [0.1, 0.15) is 27.7 Å². The lowest BCUT2D eigenvalue weighted by Gasteiger charge is -2.19. The summed E-state index contributed by atoms with van der Waals surface area (Å²) in [6.45, 7) is 0. The standard InChI is InChI=1S/C19H16FN3O2/c1-25-16-8-11-22-17(12-16)19(24)23-18(14-6-9-21-10-7-14)13-2-4-15(20)5-3-13/h2-12,18H,1H3,(H,23,24)/t18-/m1/s1. The fourth-order valence-corrected chi connectivity index (χ4v) is 2.44. The van der Waals surface area contributed by atoms with Gasteiger partial charge in [0.15, 0.2) is 0 Å². The fraction of sp³-hybridized carbons (Fsp3) is 0.105. The molecule has 0 saturated carbocycles. The summed E-state index contributed by atoms with van der Waals surface area (Å²) in [5.41, 5.74) is 1.82. The van der Waals surface area contributed by atoms with E-state index in [1.165, 1.54) is 25.4 Å². The van der Waals surface area contributed by atoms with Crippen molar-refractivity contribution in [3.63, 3.8) is 0 Å².